The maximum absolute atomic E-state index is 13.2. The molecule has 2 heterocycles. The number of thiophene rings is 1. The highest BCUT2D eigenvalue weighted by Gasteiger charge is 2.46. The summed E-state index contributed by atoms with van der Waals surface area (Å²) in [5.74, 6) is -0.590. The van der Waals surface area contributed by atoms with Crippen molar-refractivity contribution >= 4 is 28.8 Å². The molecule has 0 bridgehead atoms. The molecule has 1 saturated heterocycles. The topological polar surface area (TPSA) is 70.1 Å². The molecule has 0 saturated carbocycles. The van der Waals surface area contributed by atoms with Crippen LogP contribution in [0.2, 0.25) is 0 Å². The van der Waals surface area contributed by atoms with Crippen LogP contribution in [-0.4, -0.2) is 59.4 Å². The van der Waals surface area contributed by atoms with Crippen molar-refractivity contribution in [2.45, 2.75) is 53.0 Å². The van der Waals surface area contributed by atoms with E-state index in [1.54, 1.807) is 11.0 Å². The number of nitrogens with zero attached hydrogens (tertiary/aromatic N) is 2. The predicted octanol–water partition coefficient (Wildman–Crippen LogP) is 5.21. The highest BCUT2D eigenvalue weighted by atomic mass is 32.1. The fraction of sp³-hybridized carbons (Fsp3) is 0.481. The lowest BCUT2D eigenvalue weighted by Gasteiger charge is -2.27. The van der Waals surface area contributed by atoms with Crippen molar-refractivity contribution in [2.75, 3.05) is 32.8 Å². The van der Waals surface area contributed by atoms with Crippen LogP contribution in [0.25, 0.3) is 5.76 Å². The second-order valence-corrected chi connectivity index (χ2v) is 10.4. The van der Waals surface area contributed by atoms with Crippen molar-refractivity contribution in [3.8, 4) is 5.75 Å². The van der Waals surface area contributed by atoms with E-state index in [1.807, 2.05) is 36.6 Å². The van der Waals surface area contributed by atoms with E-state index < -0.39 is 17.7 Å². The van der Waals surface area contributed by atoms with E-state index in [0.29, 0.717) is 25.3 Å². The minimum absolute atomic E-state index is 0.143. The Morgan fingerprint density at radius 3 is 2.41 bits per heavy atom. The van der Waals surface area contributed by atoms with Gasteiger partial charge in [0.05, 0.1) is 18.2 Å². The molecule has 1 aliphatic rings. The Morgan fingerprint density at radius 2 is 1.85 bits per heavy atom. The van der Waals surface area contributed by atoms with Gasteiger partial charge >= 0.3 is 0 Å². The van der Waals surface area contributed by atoms with E-state index in [4.69, 9.17) is 4.74 Å². The van der Waals surface area contributed by atoms with Crippen LogP contribution in [0.4, 0.5) is 0 Å². The van der Waals surface area contributed by atoms with Gasteiger partial charge in [0.25, 0.3) is 11.7 Å². The van der Waals surface area contributed by atoms with Gasteiger partial charge in [-0.25, -0.2) is 0 Å². The third-order valence-corrected chi connectivity index (χ3v) is 7.19. The Hall–Kier alpha value is -2.64. The number of carbonyl (C=O) groups is 2. The van der Waals surface area contributed by atoms with E-state index in [2.05, 4.69) is 39.5 Å². The summed E-state index contributed by atoms with van der Waals surface area (Å²) in [6.45, 7) is 15.7. The van der Waals surface area contributed by atoms with Crippen LogP contribution in [0, 0.1) is 0 Å². The van der Waals surface area contributed by atoms with Gasteiger partial charge in [-0.15, -0.1) is 11.3 Å². The van der Waals surface area contributed by atoms with Crippen molar-refractivity contribution in [1.29, 1.82) is 0 Å². The predicted molar refractivity (Wildman–Crippen MR) is 137 cm³/mol. The highest BCUT2D eigenvalue weighted by Crippen LogP contribution is 2.42. The van der Waals surface area contributed by atoms with Gasteiger partial charge in [0, 0.05) is 29.1 Å². The first kappa shape index (κ1) is 26.0. The van der Waals surface area contributed by atoms with Crippen molar-refractivity contribution in [3.63, 3.8) is 0 Å². The van der Waals surface area contributed by atoms with E-state index in [0.717, 1.165) is 29.3 Å². The van der Waals surface area contributed by atoms with E-state index >= 15 is 0 Å². The molecule has 7 heteroatoms. The summed E-state index contributed by atoms with van der Waals surface area (Å²) < 4.78 is 5.80. The lowest BCUT2D eigenvalue weighted by molar-refractivity contribution is -0.140. The van der Waals surface area contributed by atoms with Crippen LogP contribution >= 0.6 is 11.3 Å². The van der Waals surface area contributed by atoms with Crippen molar-refractivity contribution in [3.05, 3.63) is 57.3 Å². The first-order valence-corrected chi connectivity index (χ1v) is 12.8. The average molecular weight is 485 g/mol. The van der Waals surface area contributed by atoms with Gasteiger partial charge in [0.1, 0.15) is 11.5 Å². The van der Waals surface area contributed by atoms with Gasteiger partial charge in [-0.1, -0.05) is 40.7 Å². The number of rotatable bonds is 9. The fourth-order valence-corrected chi connectivity index (χ4v) is 5.19. The monoisotopic (exact) mass is 484 g/mol. The number of aliphatic hydroxyl groups is 1. The van der Waals surface area contributed by atoms with Crippen LogP contribution in [0.15, 0.2) is 41.3 Å². The molecule has 0 spiro atoms. The first-order valence-electron chi connectivity index (χ1n) is 12.0. The summed E-state index contributed by atoms with van der Waals surface area (Å²) in [6, 6.07) is 8.67. The van der Waals surface area contributed by atoms with Gasteiger partial charge in [0.2, 0.25) is 0 Å². The molecule has 3 rings (SSSR count). The lowest BCUT2D eigenvalue weighted by Crippen LogP contribution is -2.37. The summed E-state index contributed by atoms with van der Waals surface area (Å²) in [6.07, 6.45) is 0. The average Bonchev–Trinajstić information content (AvgIpc) is 3.41. The van der Waals surface area contributed by atoms with Crippen LogP contribution in [0.1, 0.15) is 63.6 Å². The third-order valence-electron chi connectivity index (χ3n) is 6.27. The number of aliphatic hydroxyl groups excluding tert-OH is 1. The zero-order chi connectivity index (χ0) is 25.0. The number of hydrogen-bond donors (Lipinski definition) is 1. The van der Waals surface area contributed by atoms with Crippen LogP contribution in [-0.2, 0) is 15.0 Å². The van der Waals surface area contributed by atoms with E-state index in [1.165, 1.54) is 11.3 Å². The molecule has 0 radical (unpaired) electrons. The first-order chi connectivity index (χ1) is 16.1. The normalized spacial score (nSPS) is 18.2. The molecule has 1 amide bonds. The van der Waals surface area contributed by atoms with Crippen molar-refractivity contribution < 1.29 is 19.4 Å². The van der Waals surface area contributed by atoms with Crippen LogP contribution in [0.3, 0.4) is 0 Å². The maximum atomic E-state index is 13.2. The molecule has 0 aliphatic carbocycles. The number of hydrogen-bond acceptors (Lipinski definition) is 6. The summed E-state index contributed by atoms with van der Waals surface area (Å²) in [5, 5.41) is 13.3. The Bertz CT molecular complexity index is 1050. The molecule has 1 aromatic heterocycles. The molecule has 1 aliphatic heterocycles. The largest absolute Gasteiger partial charge is 0.507 e. The molecule has 1 aromatic carbocycles. The van der Waals surface area contributed by atoms with Gasteiger partial charge in [-0.3, -0.25) is 9.59 Å². The van der Waals surface area contributed by atoms with E-state index in [-0.39, 0.29) is 16.7 Å². The molecular formula is C27H36N2O4S. The molecule has 1 atom stereocenters. The third kappa shape index (κ3) is 5.20. The highest BCUT2D eigenvalue weighted by molar-refractivity contribution is 7.10. The number of ketones is 1. The fourth-order valence-electron chi connectivity index (χ4n) is 4.34. The number of amides is 1. The Labute approximate surface area is 206 Å². The van der Waals surface area contributed by atoms with Gasteiger partial charge in [-0.05, 0) is 55.1 Å². The molecule has 2 aromatic rings. The molecule has 1 unspecified atom stereocenters. The number of ether oxygens (including phenoxy) is 1. The number of likely N-dealkylation sites (N-methyl/N-ethyl adjacent to an activating group) is 1. The molecular weight excluding hydrogens is 448 g/mol. The zero-order valence-corrected chi connectivity index (χ0v) is 21.9. The maximum Gasteiger partial charge on any atom is 0.295 e. The summed E-state index contributed by atoms with van der Waals surface area (Å²) in [4.78, 5) is 31.0. The second kappa shape index (κ2) is 10.7. The molecule has 1 N–H and O–H groups in total. The molecule has 34 heavy (non-hydrogen) atoms. The minimum Gasteiger partial charge on any atom is -0.507 e. The van der Waals surface area contributed by atoms with Crippen molar-refractivity contribution in [1.82, 2.24) is 9.80 Å². The standard InChI is InChI=1S/C27H36N2O4S/c1-7-28(8-2)14-15-29-23(21-11-10-16-34-21)22(25(31)26(29)32)24(30)18-12-13-20(33-9-3)19(17-18)27(4,5)6/h10-13,16-17,23,30H,7-9,14-15H2,1-6H3/b24-22-. The number of Topliss-reactive ketones (excluding diaryl/α,β-unsaturated/α-hetero) is 1. The van der Waals surface area contributed by atoms with Gasteiger partial charge < -0.3 is 19.6 Å². The molecule has 6 nitrogen and oxygen atoms in total. The molecule has 1 fully saturated rings. The SMILES string of the molecule is CCOc1ccc(/C(O)=C2/C(=O)C(=O)N(CCN(CC)CC)C2c2cccs2)cc1C(C)(C)C. The number of carbonyl (C=O) groups excluding carboxylic acids is 2. The molecule has 184 valence electrons. The summed E-state index contributed by atoms with van der Waals surface area (Å²) in [7, 11) is 0. The number of likely N-dealkylation sites (tertiary alicyclic amines) is 1. The van der Waals surface area contributed by atoms with E-state index in [9.17, 15) is 14.7 Å². The summed E-state index contributed by atoms with van der Waals surface area (Å²) in [5.41, 5.74) is 1.36. The minimum atomic E-state index is -0.637. The Kier molecular flexibility index (Phi) is 8.21. The number of benzene rings is 1. The van der Waals surface area contributed by atoms with Crippen LogP contribution < -0.4 is 4.74 Å². The van der Waals surface area contributed by atoms with Crippen molar-refractivity contribution in [2.24, 2.45) is 0 Å². The Balaban J connectivity index is 2.11. The lowest BCUT2D eigenvalue weighted by atomic mass is 9.84. The smallest absolute Gasteiger partial charge is 0.295 e. The van der Waals surface area contributed by atoms with Gasteiger partial charge in [-0.2, -0.15) is 0 Å². The Morgan fingerprint density at radius 1 is 1.15 bits per heavy atom. The van der Waals surface area contributed by atoms with Gasteiger partial charge in [0.15, 0.2) is 0 Å². The summed E-state index contributed by atoms with van der Waals surface area (Å²) >= 11 is 1.48. The quantitative estimate of drug-likeness (QED) is 0.301. The zero-order valence-electron chi connectivity index (χ0n) is 21.1. The van der Waals surface area contributed by atoms with Crippen LogP contribution in [0.5, 0.6) is 5.75 Å². The second-order valence-electron chi connectivity index (χ2n) is 9.43.